The molecule has 2 saturated heterocycles. The number of carboxylic acids is 1. The number of likely N-dealkylation sites (tertiary alicyclic amines) is 2. The lowest BCUT2D eigenvalue weighted by molar-refractivity contribution is -0.143. The summed E-state index contributed by atoms with van der Waals surface area (Å²) in [5, 5.41) is 12.1. The predicted octanol–water partition coefficient (Wildman–Crippen LogP) is 1.39. The third-order valence-electron chi connectivity index (χ3n) is 5.77. The van der Waals surface area contributed by atoms with E-state index in [0.717, 1.165) is 18.4 Å². The van der Waals surface area contributed by atoms with Gasteiger partial charge in [-0.1, -0.05) is 6.07 Å². The van der Waals surface area contributed by atoms with Gasteiger partial charge in [0, 0.05) is 37.9 Å². The van der Waals surface area contributed by atoms with Gasteiger partial charge in [-0.25, -0.2) is 4.79 Å². The van der Waals surface area contributed by atoms with E-state index in [4.69, 9.17) is 5.11 Å². The van der Waals surface area contributed by atoms with E-state index in [1.807, 2.05) is 17.0 Å². The normalized spacial score (nSPS) is 26.3. The van der Waals surface area contributed by atoms with E-state index in [1.54, 1.807) is 17.3 Å². The van der Waals surface area contributed by atoms with Gasteiger partial charge >= 0.3 is 12.0 Å². The topological polar surface area (TPSA) is 103 Å². The van der Waals surface area contributed by atoms with Crippen LogP contribution in [0.3, 0.4) is 0 Å². The van der Waals surface area contributed by atoms with Crippen LogP contribution in [0.2, 0.25) is 0 Å². The summed E-state index contributed by atoms with van der Waals surface area (Å²) in [5.41, 5.74) is 0.935. The third kappa shape index (κ3) is 3.61. The Kier molecular flexibility index (Phi) is 4.72. The number of pyridine rings is 1. The molecule has 1 saturated carbocycles. The molecule has 2 atom stereocenters. The fourth-order valence-electron chi connectivity index (χ4n) is 4.19. The molecule has 2 aliphatic heterocycles. The van der Waals surface area contributed by atoms with Crippen LogP contribution in [0, 0.1) is 5.92 Å². The minimum Gasteiger partial charge on any atom is -0.481 e. The Balaban J connectivity index is 1.46. The van der Waals surface area contributed by atoms with Gasteiger partial charge in [-0.15, -0.1) is 0 Å². The van der Waals surface area contributed by atoms with Crippen LogP contribution in [0.25, 0.3) is 0 Å². The molecule has 27 heavy (non-hydrogen) atoms. The van der Waals surface area contributed by atoms with E-state index in [-0.39, 0.29) is 42.4 Å². The molecule has 3 heterocycles. The van der Waals surface area contributed by atoms with Gasteiger partial charge in [0.2, 0.25) is 5.91 Å². The summed E-state index contributed by atoms with van der Waals surface area (Å²) >= 11 is 0. The molecular weight excluding hydrogens is 348 g/mol. The lowest BCUT2D eigenvalue weighted by Crippen LogP contribution is -2.50. The van der Waals surface area contributed by atoms with Gasteiger partial charge in [-0.05, 0) is 37.3 Å². The Labute approximate surface area is 157 Å². The molecule has 1 aromatic heterocycles. The third-order valence-corrected chi connectivity index (χ3v) is 5.77. The zero-order valence-electron chi connectivity index (χ0n) is 15.1. The van der Waals surface area contributed by atoms with Crippen LogP contribution >= 0.6 is 0 Å². The second kappa shape index (κ2) is 7.17. The van der Waals surface area contributed by atoms with Crippen LogP contribution in [0.4, 0.5) is 4.79 Å². The molecule has 144 valence electrons. The second-order valence-electron chi connectivity index (χ2n) is 7.62. The predicted molar refractivity (Wildman–Crippen MR) is 95.7 cm³/mol. The van der Waals surface area contributed by atoms with E-state index < -0.39 is 5.97 Å². The molecule has 8 heteroatoms. The smallest absolute Gasteiger partial charge is 0.317 e. The summed E-state index contributed by atoms with van der Waals surface area (Å²) < 4.78 is 0. The van der Waals surface area contributed by atoms with Crippen LogP contribution < -0.4 is 5.32 Å². The second-order valence-corrected chi connectivity index (χ2v) is 7.62. The first-order valence-electron chi connectivity index (χ1n) is 9.54. The van der Waals surface area contributed by atoms with Gasteiger partial charge in [0.1, 0.15) is 0 Å². The Morgan fingerprint density at radius 1 is 1.19 bits per heavy atom. The first-order chi connectivity index (χ1) is 13.0. The Hall–Kier alpha value is -2.64. The van der Waals surface area contributed by atoms with Gasteiger partial charge in [0.25, 0.3) is 0 Å². The van der Waals surface area contributed by atoms with Gasteiger partial charge in [0.05, 0.1) is 18.0 Å². The summed E-state index contributed by atoms with van der Waals surface area (Å²) in [6.45, 7) is 0.848. The molecular formula is C19H24N4O4. The largest absolute Gasteiger partial charge is 0.481 e. The maximum atomic E-state index is 12.7. The highest BCUT2D eigenvalue weighted by Crippen LogP contribution is 2.41. The van der Waals surface area contributed by atoms with Crippen molar-refractivity contribution < 1.29 is 19.5 Å². The number of nitrogens with zero attached hydrogens (tertiary/aromatic N) is 3. The molecule has 3 fully saturated rings. The number of carboxylic acid groups (broad SMARTS) is 1. The van der Waals surface area contributed by atoms with Crippen molar-refractivity contribution in [3.05, 3.63) is 30.1 Å². The summed E-state index contributed by atoms with van der Waals surface area (Å²) in [6, 6.07) is 3.34. The number of piperidine rings is 1. The van der Waals surface area contributed by atoms with Gasteiger partial charge in [-0.3, -0.25) is 14.6 Å². The van der Waals surface area contributed by atoms with Crippen molar-refractivity contribution in [3.8, 4) is 0 Å². The number of carbonyl (C=O) groups is 3. The molecule has 0 aromatic carbocycles. The zero-order chi connectivity index (χ0) is 19.0. The maximum Gasteiger partial charge on any atom is 0.317 e. The molecule has 3 amide bonds. The van der Waals surface area contributed by atoms with Gasteiger partial charge in [-0.2, -0.15) is 0 Å². The molecule has 0 bridgehead atoms. The van der Waals surface area contributed by atoms with Crippen LogP contribution in [-0.4, -0.2) is 63.0 Å². The average Bonchev–Trinajstić information content (AvgIpc) is 3.46. The van der Waals surface area contributed by atoms with E-state index in [1.165, 1.54) is 0 Å². The number of rotatable bonds is 4. The summed E-state index contributed by atoms with van der Waals surface area (Å²) in [7, 11) is 0. The van der Waals surface area contributed by atoms with Crippen molar-refractivity contribution in [2.45, 2.75) is 50.2 Å². The van der Waals surface area contributed by atoms with E-state index in [0.29, 0.717) is 25.9 Å². The van der Waals surface area contributed by atoms with Crippen LogP contribution in [0.15, 0.2) is 24.5 Å². The maximum absolute atomic E-state index is 12.7. The summed E-state index contributed by atoms with van der Waals surface area (Å²) in [5.74, 6) is -1.11. The molecule has 0 unspecified atom stereocenters. The van der Waals surface area contributed by atoms with Gasteiger partial charge < -0.3 is 20.2 Å². The van der Waals surface area contributed by atoms with Crippen LogP contribution in [-0.2, 0) is 9.59 Å². The van der Waals surface area contributed by atoms with E-state index >= 15 is 0 Å². The fourth-order valence-corrected chi connectivity index (χ4v) is 4.19. The Morgan fingerprint density at radius 2 is 1.93 bits per heavy atom. The van der Waals surface area contributed by atoms with Crippen molar-refractivity contribution in [3.63, 3.8) is 0 Å². The fraction of sp³-hybridized carbons (Fsp3) is 0.579. The number of nitrogens with one attached hydrogen (secondary N) is 1. The minimum atomic E-state index is -0.798. The molecule has 1 aromatic rings. The molecule has 8 nitrogen and oxygen atoms in total. The minimum absolute atomic E-state index is 0.0706. The van der Waals surface area contributed by atoms with Gasteiger partial charge in [0.15, 0.2) is 0 Å². The molecule has 0 spiro atoms. The Morgan fingerprint density at radius 3 is 2.52 bits per heavy atom. The van der Waals surface area contributed by atoms with Crippen LogP contribution in [0.5, 0.6) is 0 Å². The molecule has 1 aliphatic carbocycles. The van der Waals surface area contributed by atoms with Crippen molar-refractivity contribution in [1.29, 1.82) is 0 Å². The summed E-state index contributed by atoms with van der Waals surface area (Å²) in [6.07, 6.45) is 6.68. The average molecular weight is 372 g/mol. The standard InChI is InChI=1S/C19H24N4O4/c24-16-10-15(21-19(27)22-8-5-12(6-9-22)18(25)26)17(23(16)14-3-4-14)13-2-1-7-20-11-13/h1-2,7,11-12,14-15,17H,3-6,8-10H2,(H,21,27)(H,25,26)/t15-,17+/m1/s1. The number of urea groups is 1. The molecule has 3 aliphatic rings. The SMILES string of the molecule is O=C(O)C1CCN(C(=O)N[C@@H]2CC(=O)N(C3CC3)[C@H]2c2cccnc2)CC1. The highest BCUT2D eigenvalue weighted by atomic mass is 16.4. The van der Waals surface area contributed by atoms with Crippen LogP contribution in [0.1, 0.15) is 43.7 Å². The Bertz CT molecular complexity index is 728. The van der Waals surface area contributed by atoms with Crippen molar-refractivity contribution in [1.82, 2.24) is 20.1 Å². The highest BCUT2D eigenvalue weighted by molar-refractivity contribution is 5.83. The molecule has 2 N–H and O–H groups in total. The number of amides is 3. The summed E-state index contributed by atoms with van der Waals surface area (Å²) in [4.78, 5) is 44.2. The molecule has 4 rings (SSSR count). The zero-order valence-corrected chi connectivity index (χ0v) is 15.1. The van der Waals surface area contributed by atoms with Crippen molar-refractivity contribution >= 4 is 17.9 Å². The number of aliphatic carboxylic acids is 1. The lowest BCUT2D eigenvalue weighted by atomic mass is 9.97. The number of hydrogen-bond donors (Lipinski definition) is 2. The lowest BCUT2D eigenvalue weighted by Gasteiger charge is -2.33. The van der Waals surface area contributed by atoms with E-state index in [2.05, 4.69) is 10.3 Å². The van der Waals surface area contributed by atoms with E-state index in [9.17, 15) is 14.4 Å². The molecule has 0 radical (unpaired) electrons. The number of carbonyl (C=O) groups excluding carboxylic acids is 2. The number of hydrogen-bond acceptors (Lipinski definition) is 4. The highest BCUT2D eigenvalue weighted by Gasteiger charge is 2.48. The quantitative estimate of drug-likeness (QED) is 0.831. The monoisotopic (exact) mass is 372 g/mol. The van der Waals surface area contributed by atoms with Crippen molar-refractivity contribution in [2.75, 3.05) is 13.1 Å². The number of aromatic nitrogens is 1. The first-order valence-corrected chi connectivity index (χ1v) is 9.54. The van der Waals surface area contributed by atoms with Crippen molar-refractivity contribution in [2.24, 2.45) is 5.92 Å². The first kappa shape index (κ1) is 17.8.